The Balaban J connectivity index is 1.83. The molecule has 0 aliphatic carbocycles. The van der Waals surface area contributed by atoms with Gasteiger partial charge in [0.25, 0.3) is 0 Å². The lowest BCUT2D eigenvalue weighted by Gasteiger charge is -2.50. The van der Waals surface area contributed by atoms with Crippen LogP contribution < -0.4 is 5.73 Å². The van der Waals surface area contributed by atoms with E-state index in [1.807, 2.05) is 0 Å². The van der Waals surface area contributed by atoms with E-state index in [0.717, 1.165) is 12.6 Å². The van der Waals surface area contributed by atoms with Crippen molar-refractivity contribution in [3.63, 3.8) is 0 Å². The van der Waals surface area contributed by atoms with Gasteiger partial charge in [-0.1, -0.05) is 0 Å². The molecule has 104 valence electrons. The van der Waals surface area contributed by atoms with E-state index >= 15 is 0 Å². The zero-order valence-electron chi connectivity index (χ0n) is 11.8. The maximum atomic E-state index is 6.27. The summed E-state index contributed by atoms with van der Waals surface area (Å²) in [6.07, 6.45) is 4.02. The van der Waals surface area contributed by atoms with Gasteiger partial charge in [0.1, 0.15) is 0 Å². The van der Waals surface area contributed by atoms with Gasteiger partial charge in [0.15, 0.2) is 0 Å². The second kappa shape index (κ2) is 4.65. The molecule has 3 aliphatic rings. The summed E-state index contributed by atoms with van der Waals surface area (Å²) in [5.74, 6) is 1.27. The molecule has 0 radical (unpaired) electrons. The molecule has 4 heteroatoms. The minimum atomic E-state index is 0.286. The Morgan fingerprint density at radius 3 is 2.83 bits per heavy atom. The van der Waals surface area contributed by atoms with E-state index in [9.17, 15) is 0 Å². The first-order chi connectivity index (χ1) is 8.57. The molecule has 0 spiro atoms. The lowest BCUT2D eigenvalue weighted by atomic mass is 9.85. The molecule has 3 nitrogen and oxygen atoms in total. The molecule has 3 saturated heterocycles. The van der Waals surface area contributed by atoms with Gasteiger partial charge < -0.3 is 5.73 Å². The minimum absolute atomic E-state index is 0.286. The van der Waals surface area contributed by atoms with Crippen LogP contribution >= 0.6 is 11.8 Å². The van der Waals surface area contributed by atoms with Crippen LogP contribution in [0.4, 0.5) is 0 Å². The Hall–Kier alpha value is 0.230. The summed E-state index contributed by atoms with van der Waals surface area (Å²) < 4.78 is 0.395. The fourth-order valence-corrected chi connectivity index (χ4v) is 5.45. The summed E-state index contributed by atoms with van der Waals surface area (Å²) in [6, 6.07) is 0.737. The fourth-order valence-electron chi connectivity index (χ4n) is 4.34. The van der Waals surface area contributed by atoms with Crippen LogP contribution in [0.3, 0.4) is 0 Å². The van der Waals surface area contributed by atoms with Crippen LogP contribution in [0.25, 0.3) is 0 Å². The molecule has 0 bridgehead atoms. The van der Waals surface area contributed by atoms with Gasteiger partial charge in [-0.2, -0.15) is 11.8 Å². The first-order valence-electron chi connectivity index (χ1n) is 7.41. The largest absolute Gasteiger partial charge is 0.329 e. The predicted octanol–water partition coefficient (Wildman–Crippen LogP) is 1.38. The molecule has 0 aromatic rings. The van der Waals surface area contributed by atoms with Gasteiger partial charge in [-0.05, 0) is 39.7 Å². The third kappa shape index (κ3) is 2.01. The van der Waals surface area contributed by atoms with Crippen molar-refractivity contribution in [2.45, 2.75) is 49.4 Å². The highest BCUT2D eigenvalue weighted by Crippen LogP contribution is 2.43. The molecule has 0 saturated carbocycles. The Kier molecular flexibility index (Phi) is 3.42. The summed E-state index contributed by atoms with van der Waals surface area (Å²) in [7, 11) is 0. The molecule has 2 unspecified atom stereocenters. The standard InChI is InChI=1S/C14H27N3S/c1-13(2)11-17(8-9-18-13)14(10-15)5-7-16-6-3-4-12(14)16/h12H,3-11,15H2,1-2H3. The Bertz CT molecular complexity index is 320. The summed E-state index contributed by atoms with van der Waals surface area (Å²) in [4.78, 5) is 5.45. The quantitative estimate of drug-likeness (QED) is 0.821. The van der Waals surface area contributed by atoms with E-state index in [1.54, 1.807) is 0 Å². The van der Waals surface area contributed by atoms with Gasteiger partial charge in [-0.15, -0.1) is 0 Å². The normalized spacial score (nSPS) is 41.2. The molecule has 0 aromatic heterocycles. The van der Waals surface area contributed by atoms with Crippen molar-refractivity contribution >= 4 is 11.8 Å². The first-order valence-corrected chi connectivity index (χ1v) is 8.39. The van der Waals surface area contributed by atoms with Gasteiger partial charge in [-0.25, -0.2) is 0 Å². The molecule has 2 N–H and O–H groups in total. The summed E-state index contributed by atoms with van der Waals surface area (Å²) >= 11 is 2.12. The predicted molar refractivity (Wildman–Crippen MR) is 79.1 cm³/mol. The highest BCUT2D eigenvalue weighted by atomic mass is 32.2. The van der Waals surface area contributed by atoms with Gasteiger partial charge in [0.2, 0.25) is 0 Å². The number of hydrogen-bond acceptors (Lipinski definition) is 4. The highest BCUT2D eigenvalue weighted by Gasteiger charge is 2.52. The van der Waals surface area contributed by atoms with Gasteiger partial charge in [0, 0.05) is 48.3 Å². The van der Waals surface area contributed by atoms with E-state index < -0.39 is 0 Å². The van der Waals surface area contributed by atoms with Gasteiger partial charge >= 0.3 is 0 Å². The second-order valence-corrected chi connectivity index (χ2v) is 8.58. The van der Waals surface area contributed by atoms with E-state index in [2.05, 4.69) is 35.4 Å². The van der Waals surface area contributed by atoms with Crippen LogP contribution in [-0.4, -0.2) is 64.6 Å². The summed E-state index contributed by atoms with van der Waals surface area (Å²) in [5, 5.41) is 0. The van der Waals surface area contributed by atoms with Gasteiger partial charge in [-0.3, -0.25) is 9.80 Å². The van der Waals surface area contributed by atoms with E-state index in [-0.39, 0.29) is 5.54 Å². The van der Waals surface area contributed by atoms with Crippen molar-refractivity contribution < 1.29 is 0 Å². The Labute approximate surface area is 115 Å². The number of nitrogens with two attached hydrogens (primary N) is 1. The SMILES string of the molecule is CC1(C)CN(C2(CN)CCN3CCCC32)CCS1. The lowest BCUT2D eigenvalue weighted by molar-refractivity contribution is 0.0608. The molecular weight excluding hydrogens is 242 g/mol. The molecule has 3 aliphatic heterocycles. The number of nitrogens with zero attached hydrogens (tertiary/aromatic N) is 2. The molecule has 0 amide bonds. The minimum Gasteiger partial charge on any atom is -0.329 e. The molecule has 3 fully saturated rings. The zero-order valence-corrected chi connectivity index (χ0v) is 12.6. The van der Waals surface area contributed by atoms with Crippen LogP contribution in [0.2, 0.25) is 0 Å². The van der Waals surface area contributed by atoms with Crippen molar-refractivity contribution in [1.82, 2.24) is 9.80 Å². The first kappa shape index (κ1) is 13.2. The maximum Gasteiger partial charge on any atom is 0.0499 e. The van der Waals surface area contributed by atoms with Crippen LogP contribution in [0.5, 0.6) is 0 Å². The number of hydrogen-bond donors (Lipinski definition) is 1. The topological polar surface area (TPSA) is 32.5 Å². The monoisotopic (exact) mass is 269 g/mol. The highest BCUT2D eigenvalue weighted by molar-refractivity contribution is 8.00. The zero-order chi connectivity index (χ0) is 12.8. The third-order valence-electron chi connectivity index (χ3n) is 5.22. The van der Waals surface area contributed by atoms with Crippen molar-refractivity contribution in [3.8, 4) is 0 Å². The average Bonchev–Trinajstić information content (AvgIpc) is 2.88. The van der Waals surface area contributed by atoms with E-state index in [4.69, 9.17) is 5.73 Å². The van der Waals surface area contributed by atoms with Gasteiger partial charge in [0.05, 0.1) is 0 Å². The van der Waals surface area contributed by atoms with Crippen LogP contribution in [0.1, 0.15) is 33.1 Å². The molecule has 0 aromatic carbocycles. The third-order valence-corrected chi connectivity index (χ3v) is 6.52. The molecule has 3 rings (SSSR count). The summed E-state index contributed by atoms with van der Waals surface area (Å²) in [5.41, 5.74) is 6.56. The van der Waals surface area contributed by atoms with E-state index in [1.165, 1.54) is 51.2 Å². The molecular formula is C14H27N3S. The second-order valence-electron chi connectivity index (χ2n) is 6.78. The van der Waals surface area contributed by atoms with Crippen molar-refractivity contribution in [2.24, 2.45) is 5.73 Å². The fraction of sp³-hybridized carbons (Fsp3) is 1.00. The molecule has 3 heterocycles. The van der Waals surface area contributed by atoms with Crippen molar-refractivity contribution in [1.29, 1.82) is 0 Å². The lowest BCUT2D eigenvalue weighted by Crippen LogP contribution is -2.64. The maximum absolute atomic E-state index is 6.27. The Morgan fingerprint density at radius 1 is 1.28 bits per heavy atom. The van der Waals surface area contributed by atoms with Crippen LogP contribution in [0, 0.1) is 0 Å². The smallest absolute Gasteiger partial charge is 0.0499 e. The number of fused-ring (bicyclic) bond motifs is 1. The molecule has 18 heavy (non-hydrogen) atoms. The molecule has 2 atom stereocenters. The van der Waals surface area contributed by atoms with Crippen LogP contribution in [-0.2, 0) is 0 Å². The van der Waals surface area contributed by atoms with Crippen molar-refractivity contribution in [3.05, 3.63) is 0 Å². The average molecular weight is 269 g/mol. The van der Waals surface area contributed by atoms with Crippen molar-refractivity contribution in [2.75, 3.05) is 38.5 Å². The van der Waals surface area contributed by atoms with E-state index in [0.29, 0.717) is 4.75 Å². The van der Waals surface area contributed by atoms with Crippen LogP contribution in [0.15, 0.2) is 0 Å². The number of thioether (sulfide) groups is 1. The summed E-state index contributed by atoms with van der Waals surface area (Å²) in [6.45, 7) is 10.6. The number of rotatable bonds is 2. The Morgan fingerprint density at radius 2 is 2.11 bits per heavy atom.